The molecule has 1 saturated heterocycles. The van der Waals surface area contributed by atoms with Crippen molar-refractivity contribution in [3.8, 4) is 0 Å². The third kappa shape index (κ3) is 2.34. The van der Waals surface area contributed by atoms with Gasteiger partial charge in [0.15, 0.2) is 5.82 Å². The van der Waals surface area contributed by atoms with Gasteiger partial charge in [0, 0.05) is 19.7 Å². The van der Waals surface area contributed by atoms with E-state index in [9.17, 15) is 4.79 Å². The summed E-state index contributed by atoms with van der Waals surface area (Å²) in [6.07, 6.45) is 1.82. The molecule has 2 rings (SSSR count). The molecule has 0 atom stereocenters. The van der Waals surface area contributed by atoms with Crippen molar-refractivity contribution >= 4 is 28.3 Å². The van der Waals surface area contributed by atoms with E-state index in [0.29, 0.717) is 11.5 Å². The zero-order valence-corrected chi connectivity index (χ0v) is 10.2. The first-order valence-electron chi connectivity index (χ1n) is 5.54. The van der Waals surface area contributed by atoms with Crippen molar-refractivity contribution in [3.05, 3.63) is 5.56 Å². The van der Waals surface area contributed by atoms with Gasteiger partial charge in [0.25, 0.3) is 5.91 Å². The van der Waals surface area contributed by atoms with Crippen molar-refractivity contribution in [3.63, 3.8) is 0 Å². The lowest BCUT2D eigenvalue weighted by Crippen LogP contribution is -2.35. The van der Waals surface area contributed by atoms with Gasteiger partial charge < -0.3 is 21.5 Å². The van der Waals surface area contributed by atoms with Gasteiger partial charge in [-0.2, -0.15) is 4.37 Å². The summed E-state index contributed by atoms with van der Waals surface area (Å²) in [6, 6.07) is 0. The van der Waals surface area contributed by atoms with Crippen LogP contribution in [0.3, 0.4) is 0 Å². The van der Waals surface area contributed by atoms with E-state index in [1.807, 2.05) is 0 Å². The van der Waals surface area contributed by atoms with Gasteiger partial charge in [-0.1, -0.05) is 0 Å². The normalized spacial score (nSPS) is 17.4. The Morgan fingerprint density at radius 1 is 1.53 bits per heavy atom. The Hall–Kier alpha value is -1.34. The highest BCUT2D eigenvalue weighted by Gasteiger charge is 2.25. The molecule has 94 valence electrons. The number of nitrogens with zero attached hydrogens (tertiary/aromatic N) is 2. The van der Waals surface area contributed by atoms with Crippen LogP contribution in [0.1, 0.15) is 23.2 Å². The molecule has 5 N–H and O–H groups in total. The number of piperidine rings is 1. The molecule has 0 aliphatic carbocycles. The molecule has 1 aromatic rings. The summed E-state index contributed by atoms with van der Waals surface area (Å²) in [4.78, 5) is 13.4. The van der Waals surface area contributed by atoms with E-state index in [-0.39, 0.29) is 12.4 Å². The van der Waals surface area contributed by atoms with Crippen LogP contribution in [0.25, 0.3) is 0 Å². The SMILES string of the molecule is NC(=O)c1c(N)nsc1N1CCC(CO)CC1. The van der Waals surface area contributed by atoms with Crippen LogP contribution in [0.5, 0.6) is 0 Å². The van der Waals surface area contributed by atoms with E-state index in [1.54, 1.807) is 0 Å². The van der Waals surface area contributed by atoms with E-state index < -0.39 is 5.91 Å². The summed E-state index contributed by atoms with van der Waals surface area (Å²) in [5, 5.41) is 9.83. The Morgan fingerprint density at radius 2 is 2.18 bits per heavy atom. The third-order valence-electron chi connectivity index (χ3n) is 3.11. The zero-order chi connectivity index (χ0) is 12.4. The van der Waals surface area contributed by atoms with Crippen molar-refractivity contribution in [1.82, 2.24) is 4.37 Å². The number of nitrogens with two attached hydrogens (primary N) is 2. The van der Waals surface area contributed by atoms with Crippen molar-refractivity contribution in [2.24, 2.45) is 11.7 Å². The predicted octanol–water partition coefficient (Wildman–Crippen LogP) is 0.0329. The standard InChI is InChI=1S/C10H16N4O2S/c11-8-7(9(12)16)10(17-13-8)14-3-1-6(5-15)2-4-14/h6,15H,1-5H2,(H2,11,13)(H2,12,16). The first-order valence-corrected chi connectivity index (χ1v) is 6.31. The highest BCUT2D eigenvalue weighted by molar-refractivity contribution is 7.11. The number of hydrogen-bond acceptors (Lipinski definition) is 6. The molecule has 0 aromatic carbocycles. The van der Waals surface area contributed by atoms with Gasteiger partial charge in [0.2, 0.25) is 0 Å². The number of amides is 1. The molecule has 0 unspecified atom stereocenters. The van der Waals surface area contributed by atoms with Crippen LogP contribution in [-0.4, -0.2) is 35.1 Å². The smallest absolute Gasteiger partial charge is 0.255 e. The molecule has 6 nitrogen and oxygen atoms in total. The summed E-state index contributed by atoms with van der Waals surface area (Å²) in [5.74, 6) is 0.0332. The molecule has 2 heterocycles. The van der Waals surface area contributed by atoms with E-state index in [2.05, 4.69) is 9.27 Å². The molecular formula is C10H16N4O2S. The molecule has 1 aliphatic rings. The fraction of sp³-hybridized carbons (Fsp3) is 0.600. The number of carbonyl (C=O) groups is 1. The van der Waals surface area contributed by atoms with Crippen LogP contribution >= 0.6 is 11.5 Å². The lowest BCUT2D eigenvalue weighted by atomic mass is 9.98. The number of aromatic nitrogens is 1. The Bertz CT molecular complexity index is 412. The van der Waals surface area contributed by atoms with Crippen molar-refractivity contribution in [1.29, 1.82) is 0 Å². The fourth-order valence-corrected chi connectivity index (χ4v) is 2.93. The molecule has 0 saturated carbocycles. The molecule has 7 heteroatoms. The minimum Gasteiger partial charge on any atom is -0.396 e. The Labute approximate surface area is 103 Å². The van der Waals surface area contributed by atoms with E-state index in [1.165, 1.54) is 11.5 Å². The summed E-state index contributed by atoms with van der Waals surface area (Å²) >= 11 is 1.21. The minimum atomic E-state index is -0.532. The van der Waals surface area contributed by atoms with Crippen molar-refractivity contribution in [2.45, 2.75) is 12.8 Å². The number of rotatable bonds is 3. The number of nitrogen functional groups attached to an aromatic ring is 1. The van der Waals surface area contributed by atoms with Crippen LogP contribution in [0.4, 0.5) is 10.8 Å². The molecular weight excluding hydrogens is 240 g/mol. The van der Waals surface area contributed by atoms with Gasteiger partial charge in [0.1, 0.15) is 10.6 Å². The van der Waals surface area contributed by atoms with Crippen LogP contribution in [0, 0.1) is 5.92 Å². The van der Waals surface area contributed by atoms with E-state index >= 15 is 0 Å². The first kappa shape index (κ1) is 12.1. The Balaban J connectivity index is 2.16. The average Bonchev–Trinajstić information content (AvgIpc) is 2.71. The third-order valence-corrected chi connectivity index (χ3v) is 4.03. The maximum atomic E-state index is 11.3. The second-order valence-corrected chi connectivity index (χ2v) is 4.98. The van der Waals surface area contributed by atoms with Gasteiger partial charge in [0.05, 0.1) is 0 Å². The lowest BCUT2D eigenvalue weighted by molar-refractivity contribution is 0.100. The fourth-order valence-electron chi connectivity index (χ4n) is 2.06. The molecule has 0 spiro atoms. The second-order valence-electron chi connectivity index (χ2n) is 4.23. The van der Waals surface area contributed by atoms with Gasteiger partial charge in [-0.15, -0.1) is 0 Å². The monoisotopic (exact) mass is 256 g/mol. The lowest BCUT2D eigenvalue weighted by Gasteiger charge is -2.31. The van der Waals surface area contributed by atoms with E-state index in [0.717, 1.165) is 30.9 Å². The van der Waals surface area contributed by atoms with Crippen LogP contribution in [0.2, 0.25) is 0 Å². The number of anilines is 2. The highest BCUT2D eigenvalue weighted by atomic mass is 32.1. The Morgan fingerprint density at radius 3 is 2.71 bits per heavy atom. The van der Waals surface area contributed by atoms with Gasteiger partial charge in [-0.05, 0) is 30.3 Å². The maximum Gasteiger partial charge on any atom is 0.255 e. The molecule has 1 aliphatic heterocycles. The van der Waals surface area contributed by atoms with Gasteiger partial charge >= 0.3 is 0 Å². The predicted molar refractivity (Wildman–Crippen MR) is 67.1 cm³/mol. The quantitative estimate of drug-likeness (QED) is 0.707. The molecule has 0 radical (unpaired) electrons. The molecule has 1 amide bonds. The molecule has 17 heavy (non-hydrogen) atoms. The topological polar surface area (TPSA) is 105 Å². The summed E-state index contributed by atoms with van der Waals surface area (Å²) in [5.41, 5.74) is 11.3. The summed E-state index contributed by atoms with van der Waals surface area (Å²) in [6.45, 7) is 1.82. The number of aliphatic hydroxyl groups excluding tert-OH is 1. The minimum absolute atomic E-state index is 0.210. The largest absolute Gasteiger partial charge is 0.396 e. The second kappa shape index (κ2) is 4.89. The van der Waals surface area contributed by atoms with Crippen molar-refractivity contribution < 1.29 is 9.90 Å². The number of hydrogen-bond donors (Lipinski definition) is 3. The number of primary amides is 1. The Kier molecular flexibility index (Phi) is 3.49. The van der Waals surface area contributed by atoms with Gasteiger partial charge in [-0.3, -0.25) is 4.79 Å². The van der Waals surface area contributed by atoms with Crippen LogP contribution in [-0.2, 0) is 0 Å². The van der Waals surface area contributed by atoms with Crippen LogP contribution in [0.15, 0.2) is 0 Å². The average molecular weight is 256 g/mol. The van der Waals surface area contributed by atoms with Gasteiger partial charge in [-0.25, -0.2) is 0 Å². The molecule has 1 aromatic heterocycles. The molecule has 1 fully saturated rings. The van der Waals surface area contributed by atoms with Crippen LogP contribution < -0.4 is 16.4 Å². The molecule has 0 bridgehead atoms. The summed E-state index contributed by atoms with van der Waals surface area (Å²) < 4.78 is 3.98. The highest BCUT2D eigenvalue weighted by Crippen LogP contribution is 2.32. The number of aliphatic hydroxyl groups is 1. The summed E-state index contributed by atoms with van der Waals surface area (Å²) in [7, 11) is 0. The van der Waals surface area contributed by atoms with E-state index in [4.69, 9.17) is 16.6 Å². The maximum absolute atomic E-state index is 11.3. The number of carbonyl (C=O) groups excluding carboxylic acids is 1. The first-order chi connectivity index (χ1) is 8.13. The van der Waals surface area contributed by atoms with Crippen molar-refractivity contribution in [2.75, 3.05) is 30.3 Å². The zero-order valence-electron chi connectivity index (χ0n) is 9.43.